The fourth-order valence-corrected chi connectivity index (χ4v) is 2.32. The van der Waals surface area contributed by atoms with Crippen LogP contribution in [0.2, 0.25) is 5.02 Å². The topological polar surface area (TPSA) is 22.1 Å². The van der Waals surface area contributed by atoms with E-state index in [1.54, 1.807) is 0 Å². The second-order valence-corrected chi connectivity index (χ2v) is 4.80. The molecule has 17 heavy (non-hydrogen) atoms. The monoisotopic (exact) mass is 247 g/mol. The number of pyridine rings is 1. The largest absolute Gasteiger partial charge is 0.492 e. The number of halogens is 1. The van der Waals surface area contributed by atoms with E-state index in [1.807, 2.05) is 31.2 Å². The van der Waals surface area contributed by atoms with Crippen LogP contribution in [0.5, 0.6) is 5.75 Å². The molecule has 1 fully saturated rings. The van der Waals surface area contributed by atoms with E-state index in [4.69, 9.17) is 21.3 Å². The number of nitrogens with zero attached hydrogens (tertiary/aromatic N) is 1. The van der Waals surface area contributed by atoms with Crippen molar-refractivity contribution in [2.75, 3.05) is 6.61 Å². The van der Waals surface area contributed by atoms with E-state index in [2.05, 4.69) is 0 Å². The number of hydrogen-bond acceptors (Lipinski definition) is 2. The first kappa shape index (κ1) is 10.8. The molecule has 2 nitrogen and oxygen atoms in total. The number of para-hydroxylation sites is 1. The zero-order valence-corrected chi connectivity index (χ0v) is 10.5. The fraction of sp³-hybridized carbons (Fsp3) is 0.357. The molecule has 0 aliphatic heterocycles. The van der Waals surface area contributed by atoms with E-state index >= 15 is 0 Å². The van der Waals surface area contributed by atoms with Gasteiger partial charge in [-0.15, -0.1) is 0 Å². The Balaban J connectivity index is 2.21. The van der Waals surface area contributed by atoms with Crippen LogP contribution in [0.1, 0.15) is 31.4 Å². The van der Waals surface area contributed by atoms with Gasteiger partial charge in [0, 0.05) is 17.0 Å². The first-order chi connectivity index (χ1) is 8.29. The van der Waals surface area contributed by atoms with Crippen LogP contribution in [0, 0.1) is 0 Å². The van der Waals surface area contributed by atoms with Crippen molar-refractivity contribution in [3.63, 3.8) is 0 Å². The summed E-state index contributed by atoms with van der Waals surface area (Å²) < 4.78 is 5.61. The molecule has 1 aliphatic carbocycles. The van der Waals surface area contributed by atoms with Crippen LogP contribution < -0.4 is 4.74 Å². The van der Waals surface area contributed by atoms with Gasteiger partial charge < -0.3 is 4.74 Å². The molecule has 1 aromatic carbocycles. The molecule has 1 aliphatic rings. The Hall–Kier alpha value is -1.28. The molecule has 0 saturated heterocycles. The summed E-state index contributed by atoms with van der Waals surface area (Å²) in [4.78, 5) is 4.71. The standard InChI is InChI=1S/C14H14ClNO/c1-2-17-13-5-3-4-10-11(15)8-12(9-6-7-9)16-14(10)13/h3-5,8-9H,2,6-7H2,1H3. The third-order valence-corrected chi connectivity index (χ3v) is 3.38. The van der Waals surface area contributed by atoms with Gasteiger partial charge >= 0.3 is 0 Å². The molecule has 0 atom stereocenters. The Morgan fingerprint density at radius 2 is 2.24 bits per heavy atom. The highest BCUT2D eigenvalue weighted by atomic mass is 35.5. The summed E-state index contributed by atoms with van der Waals surface area (Å²) in [6.45, 7) is 2.62. The van der Waals surface area contributed by atoms with Crippen LogP contribution in [-0.2, 0) is 0 Å². The molecule has 0 unspecified atom stereocenters. The van der Waals surface area contributed by atoms with E-state index in [9.17, 15) is 0 Å². The van der Waals surface area contributed by atoms with E-state index in [1.165, 1.54) is 12.8 Å². The SMILES string of the molecule is CCOc1cccc2c(Cl)cc(C3CC3)nc12. The second-order valence-electron chi connectivity index (χ2n) is 4.39. The molecule has 88 valence electrons. The number of aromatic nitrogens is 1. The fourth-order valence-electron chi connectivity index (χ4n) is 2.06. The van der Waals surface area contributed by atoms with E-state index in [0.29, 0.717) is 12.5 Å². The van der Waals surface area contributed by atoms with Gasteiger partial charge in [-0.25, -0.2) is 4.98 Å². The van der Waals surface area contributed by atoms with Gasteiger partial charge in [-0.3, -0.25) is 0 Å². The number of ether oxygens (including phenoxy) is 1. The Morgan fingerprint density at radius 1 is 1.41 bits per heavy atom. The highest BCUT2D eigenvalue weighted by Crippen LogP contribution is 2.41. The lowest BCUT2D eigenvalue weighted by atomic mass is 10.1. The minimum atomic E-state index is 0.603. The Morgan fingerprint density at radius 3 is 2.94 bits per heavy atom. The number of rotatable bonds is 3. The Kier molecular flexibility index (Phi) is 2.67. The van der Waals surface area contributed by atoms with Gasteiger partial charge in [0.1, 0.15) is 11.3 Å². The van der Waals surface area contributed by atoms with Crippen LogP contribution in [0.3, 0.4) is 0 Å². The molecule has 0 radical (unpaired) electrons. The summed E-state index contributed by atoms with van der Waals surface area (Å²) in [6, 6.07) is 7.89. The van der Waals surface area contributed by atoms with Crippen LogP contribution in [0.15, 0.2) is 24.3 Å². The number of fused-ring (bicyclic) bond motifs is 1. The zero-order valence-electron chi connectivity index (χ0n) is 9.74. The zero-order chi connectivity index (χ0) is 11.8. The lowest BCUT2D eigenvalue weighted by Crippen LogP contribution is -1.96. The first-order valence-corrected chi connectivity index (χ1v) is 6.39. The van der Waals surface area contributed by atoms with Crippen LogP contribution in [0.4, 0.5) is 0 Å². The predicted molar refractivity (Wildman–Crippen MR) is 69.9 cm³/mol. The molecule has 0 amide bonds. The van der Waals surface area contributed by atoms with Gasteiger partial charge in [0.15, 0.2) is 0 Å². The summed E-state index contributed by atoms with van der Waals surface area (Å²) >= 11 is 6.31. The second kappa shape index (κ2) is 4.19. The van der Waals surface area contributed by atoms with Gasteiger partial charge in [-0.2, -0.15) is 0 Å². The number of benzene rings is 1. The molecule has 0 bridgehead atoms. The average Bonchev–Trinajstić information content (AvgIpc) is 3.14. The molecular formula is C14H14ClNO. The summed E-state index contributed by atoms with van der Waals surface area (Å²) in [7, 11) is 0. The average molecular weight is 248 g/mol. The molecule has 3 rings (SSSR count). The van der Waals surface area contributed by atoms with Crippen molar-refractivity contribution < 1.29 is 4.74 Å². The minimum Gasteiger partial charge on any atom is -0.492 e. The van der Waals surface area contributed by atoms with Gasteiger partial charge in [0.2, 0.25) is 0 Å². The van der Waals surface area contributed by atoms with Gasteiger partial charge in [-0.1, -0.05) is 23.7 Å². The van der Waals surface area contributed by atoms with Crippen molar-refractivity contribution in [3.05, 3.63) is 35.0 Å². The molecule has 1 saturated carbocycles. The van der Waals surface area contributed by atoms with E-state index in [-0.39, 0.29) is 0 Å². The highest BCUT2D eigenvalue weighted by Gasteiger charge is 2.26. The van der Waals surface area contributed by atoms with Crippen molar-refractivity contribution in [2.45, 2.75) is 25.7 Å². The lowest BCUT2D eigenvalue weighted by Gasteiger charge is -2.09. The molecule has 1 heterocycles. The van der Waals surface area contributed by atoms with Crippen LogP contribution in [-0.4, -0.2) is 11.6 Å². The van der Waals surface area contributed by atoms with E-state index < -0.39 is 0 Å². The van der Waals surface area contributed by atoms with Crippen molar-refractivity contribution in [1.82, 2.24) is 4.98 Å². The molecule has 2 aromatic rings. The third kappa shape index (κ3) is 1.98. The lowest BCUT2D eigenvalue weighted by molar-refractivity contribution is 0.343. The maximum absolute atomic E-state index is 6.31. The van der Waals surface area contributed by atoms with E-state index in [0.717, 1.165) is 27.4 Å². The normalized spacial score (nSPS) is 15.2. The van der Waals surface area contributed by atoms with Gasteiger partial charge in [0.25, 0.3) is 0 Å². The van der Waals surface area contributed by atoms with Crippen molar-refractivity contribution in [1.29, 1.82) is 0 Å². The maximum atomic E-state index is 6.31. The molecule has 0 N–H and O–H groups in total. The van der Waals surface area contributed by atoms with Crippen molar-refractivity contribution in [2.24, 2.45) is 0 Å². The smallest absolute Gasteiger partial charge is 0.145 e. The first-order valence-electron chi connectivity index (χ1n) is 6.01. The maximum Gasteiger partial charge on any atom is 0.145 e. The van der Waals surface area contributed by atoms with Gasteiger partial charge in [0.05, 0.1) is 11.6 Å². The minimum absolute atomic E-state index is 0.603. The summed E-state index contributed by atoms with van der Waals surface area (Å²) in [6.07, 6.45) is 2.46. The van der Waals surface area contributed by atoms with Gasteiger partial charge in [-0.05, 0) is 31.9 Å². The highest BCUT2D eigenvalue weighted by molar-refractivity contribution is 6.35. The molecule has 3 heteroatoms. The Bertz CT molecular complexity index is 563. The molecular weight excluding hydrogens is 234 g/mol. The Labute approximate surface area is 106 Å². The van der Waals surface area contributed by atoms with Crippen LogP contribution in [0.25, 0.3) is 10.9 Å². The summed E-state index contributed by atoms with van der Waals surface area (Å²) in [5, 5.41) is 1.75. The molecule has 1 aromatic heterocycles. The quantitative estimate of drug-likeness (QED) is 0.812. The van der Waals surface area contributed by atoms with Crippen molar-refractivity contribution >= 4 is 22.5 Å². The predicted octanol–water partition coefficient (Wildman–Crippen LogP) is 4.16. The summed E-state index contributed by atoms with van der Waals surface area (Å²) in [5.41, 5.74) is 2.00. The van der Waals surface area contributed by atoms with Crippen LogP contribution >= 0.6 is 11.6 Å². The summed E-state index contributed by atoms with van der Waals surface area (Å²) in [5.74, 6) is 1.43. The number of hydrogen-bond donors (Lipinski definition) is 0. The third-order valence-electron chi connectivity index (χ3n) is 3.07. The molecule has 0 spiro atoms. The van der Waals surface area contributed by atoms with Crippen molar-refractivity contribution in [3.8, 4) is 5.75 Å².